The Bertz CT molecular complexity index is 635. The minimum atomic E-state index is -3.91. The zero-order chi connectivity index (χ0) is 14.9. The van der Waals surface area contributed by atoms with Gasteiger partial charge in [-0.05, 0) is 32.1 Å². The van der Waals surface area contributed by atoms with Gasteiger partial charge in [-0.1, -0.05) is 15.9 Å². The largest absolute Gasteiger partial charge is 0.305 e. The number of nitro benzene ring substituents is 1. The molecule has 1 unspecified atom stereocenters. The second-order valence-corrected chi connectivity index (χ2v) is 7.34. The maximum atomic E-state index is 12.3. The molecular formula is C11H14BrN3O4S. The van der Waals surface area contributed by atoms with Gasteiger partial charge in [-0.25, -0.2) is 13.1 Å². The lowest BCUT2D eigenvalue weighted by molar-refractivity contribution is -0.387. The van der Waals surface area contributed by atoms with E-state index in [0.29, 0.717) is 17.4 Å². The summed E-state index contributed by atoms with van der Waals surface area (Å²) in [6, 6.07) is 3.66. The fourth-order valence-electron chi connectivity index (χ4n) is 2.17. The zero-order valence-electron chi connectivity index (χ0n) is 10.7. The number of rotatable bonds is 4. The maximum absolute atomic E-state index is 12.3. The second-order valence-electron chi connectivity index (χ2n) is 4.74. The molecule has 1 aromatic rings. The Hall–Kier alpha value is -1.03. The summed E-state index contributed by atoms with van der Waals surface area (Å²) in [5.41, 5.74) is -0.424. The van der Waals surface area contributed by atoms with Crippen LogP contribution in [0.4, 0.5) is 5.69 Å². The first-order valence-electron chi connectivity index (χ1n) is 5.94. The number of halogens is 1. The van der Waals surface area contributed by atoms with E-state index in [2.05, 4.69) is 20.7 Å². The number of hydrogen-bond acceptors (Lipinski definition) is 5. The number of hydrogen-bond donors (Lipinski definition) is 1. The quantitative estimate of drug-likeness (QED) is 0.643. The molecule has 1 fully saturated rings. The average molecular weight is 364 g/mol. The molecule has 0 amide bonds. The van der Waals surface area contributed by atoms with E-state index in [1.807, 2.05) is 11.9 Å². The van der Waals surface area contributed by atoms with E-state index in [4.69, 9.17) is 0 Å². The second kappa shape index (κ2) is 5.76. The molecule has 0 saturated carbocycles. The van der Waals surface area contributed by atoms with E-state index >= 15 is 0 Å². The van der Waals surface area contributed by atoms with Crippen molar-refractivity contribution in [2.75, 3.05) is 20.1 Å². The van der Waals surface area contributed by atoms with Gasteiger partial charge in [0.15, 0.2) is 4.90 Å². The first kappa shape index (κ1) is 15.4. The summed E-state index contributed by atoms with van der Waals surface area (Å²) in [5.74, 6) is 0. The molecule has 7 nitrogen and oxygen atoms in total. The monoisotopic (exact) mass is 363 g/mol. The number of likely N-dealkylation sites (N-methyl/N-ethyl adjacent to an activating group) is 1. The predicted octanol–water partition coefficient (Wildman–Crippen LogP) is 1.34. The van der Waals surface area contributed by atoms with Crippen LogP contribution in [0.3, 0.4) is 0 Å². The van der Waals surface area contributed by atoms with Crippen molar-refractivity contribution in [2.45, 2.75) is 17.4 Å². The fourth-order valence-corrected chi connectivity index (χ4v) is 4.14. The first-order chi connectivity index (χ1) is 9.29. The van der Waals surface area contributed by atoms with Gasteiger partial charge in [-0.15, -0.1) is 0 Å². The molecule has 1 aliphatic heterocycles. The Morgan fingerprint density at radius 3 is 2.75 bits per heavy atom. The molecule has 0 bridgehead atoms. The van der Waals surface area contributed by atoms with Crippen LogP contribution < -0.4 is 4.72 Å². The molecule has 9 heteroatoms. The van der Waals surface area contributed by atoms with Crippen LogP contribution in [0.2, 0.25) is 0 Å². The Morgan fingerprint density at radius 2 is 2.20 bits per heavy atom. The summed E-state index contributed by atoms with van der Waals surface area (Å²) in [7, 11) is -2.01. The van der Waals surface area contributed by atoms with E-state index in [1.165, 1.54) is 18.2 Å². The molecule has 20 heavy (non-hydrogen) atoms. The van der Waals surface area contributed by atoms with Gasteiger partial charge in [-0.2, -0.15) is 0 Å². The van der Waals surface area contributed by atoms with E-state index in [1.54, 1.807) is 0 Å². The minimum Gasteiger partial charge on any atom is -0.305 e. The van der Waals surface area contributed by atoms with Crippen LogP contribution in [0.25, 0.3) is 0 Å². The molecular weight excluding hydrogens is 350 g/mol. The highest BCUT2D eigenvalue weighted by molar-refractivity contribution is 9.10. The average Bonchev–Trinajstić information content (AvgIpc) is 2.73. The van der Waals surface area contributed by atoms with Crippen LogP contribution in [0.5, 0.6) is 0 Å². The predicted molar refractivity (Wildman–Crippen MR) is 77.0 cm³/mol. The third-order valence-corrected chi connectivity index (χ3v) is 5.16. The molecule has 1 aromatic carbocycles. The van der Waals surface area contributed by atoms with Crippen LogP contribution in [0.1, 0.15) is 6.42 Å². The highest BCUT2D eigenvalue weighted by atomic mass is 79.9. The Balaban J connectivity index is 2.33. The van der Waals surface area contributed by atoms with Crippen LogP contribution in [-0.4, -0.2) is 44.4 Å². The normalized spacial score (nSPS) is 20.2. The van der Waals surface area contributed by atoms with Crippen molar-refractivity contribution in [1.29, 1.82) is 0 Å². The van der Waals surface area contributed by atoms with Crippen molar-refractivity contribution < 1.29 is 13.3 Å². The Kier molecular flexibility index (Phi) is 4.43. The smallest absolute Gasteiger partial charge is 0.289 e. The van der Waals surface area contributed by atoms with Crippen molar-refractivity contribution in [3.63, 3.8) is 0 Å². The molecule has 1 saturated heterocycles. The van der Waals surface area contributed by atoms with Gasteiger partial charge >= 0.3 is 0 Å². The van der Waals surface area contributed by atoms with Crippen LogP contribution >= 0.6 is 15.9 Å². The molecule has 0 aliphatic carbocycles. The fraction of sp³-hybridized carbons (Fsp3) is 0.455. The lowest BCUT2D eigenvalue weighted by Crippen LogP contribution is -2.36. The van der Waals surface area contributed by atoms with E-state index in [9.17, 15) is 18.5 Å². The van der Waals surface area contributed by atoms with Crippen LogP contribution in [-0.2, 0) is 10.0 Å². The summed E-state index contributed by atoms with van der Waals surface area (Å²) in [4.78, 5) is 12.0. The molecule has 1 N–H and O–H groups in total. The number of likely N-dealkylation sites (tertiary alicyclic amines) is 1. The van der Waals surface area contributed by atoms with Gasteiger partial charge in [-0.3, -0.25) is 10.1 Å². The molecule has 0 radical (unpaired) electrons. The summed E-state index contributed by atoms with van der Waals surface area (Å²) in [5, 5.41) is 11.0. The van der Waals surface area contributed by atoms with Gasteiger partial charge < -0.3 is 4.90 Å². The van der Waals surface area contributed by atoms with Crippen molar-refractivity contribution in [3.8, 4) is 0 Å². The Labute approximate surface area is 125 Å². The molecule has 0 aromatic heterocycles. The number of benzene rings is 1. The molecule has 1 aliphatic rings. The summed E-state index contributed by atoms with van der Waals surface area (Å²) in [6.07, 6.45) is 0.692. The summed E-state index contributed by atoms with van der Waals surface area (Å²) in [6.45, 7) is 1.40. The molecule has 1 heterocycles. The summed E-state index contributed by atoms with van der Waals surface area (Å²) >= 11 is 3.14. The first-order valence-corrected chi connectivity index (χ1v) is 8.22. The topological polar surface area (TPSA) is 92.6 Å². The van der Waals surface area contributed by atoms with E-state index in [0.717, 1.165) is 6.54 Å². The number of nitro groups is 1. The van der Waals surface area contributed by atoms with Gasteiger partial charge in [0.25, 0.3) is 5.69 Å². The number of nitrogens with one attached hydrogen (secondary N) is 1. The standard InChI is InChI=1S/C11H14BrN3O4S/c1-14-5-4-9(7-14)13-20(18,19)11-6-8(12)2-3-10(11)15(16)17/h2-3,6,9,13H,4-5,7H2,1H3. The van der Waals surface area contributed by atoms with Gasteiger partial charge in [0.2, 0.25) is 10.0 Å². The van der Waals surface area contributed by atoms with Crippen LogP contribution in [0.15, 0.2) is 27.6 Å². The van der Waals surface area contributed by atoms with Gasteiger partial charge in [0.05, 0.1) is 4.92 Å². The van der Waals surface area contributed by atoms with Crippen LogP contribution in [0, 0.1) is 10.1 Å². The van der Waals surface area contributed by atoms with Gasteiger partial charge in [0, 0.05) is 23.1 Å². The minimum absolute atomic E-state index is 0.219. The molecule has 1 atom stereocenters. The van der Waals surface area contributed by atoms with Crippen molar-refractivity contribution in [3.05, 3.63) is 32.8 Å². The third kappa shape index (κ3) is 3.35. The molecule has 110 valence electrons. The van der Waals surface area contributed by atoms with Crippen molar-refractivity contribution >= 4 is 31.6 Å². The maximum Gasteiger partial charge on any atom is 0.289 e. The Morgan fingerprint density at radius 1 is 1.50 bits per heavy atom. The van der Waals surface area contributed by atoms with Crippen molar-refractivity contribution in [2.24, 2.45) is 0 Å². The number of nitrogens with zero attached hydrogens (tertiary/aromatic N) is 2. The van der Waals surface area contributed by atoms with E-state index < -0.39 is 20.6 Å². The highest BCUT2D eigenvalue weighted by Crippen LogP contribution is 2.27. The highest BCUT2D eigenvalue weighted by Gasteiger charge is 2.30. The van der Waals surface area contributed by atoms with Crippen molar-refractivity contribution in [1.82, 2.24) is 9.62 Å². The zero-order valence-corrected chi connectivity index (χ0v) is 13.1. The third-order valence-electron chi connectivity index (χ3n) is 3.12. The molecule has 0 spiro atoms. The number of sulfonamides is 1. The molecule has 2 rings (SSSR count). The summed E-state index contributed by atoms with van der Waals surface area (Å²) < 4.78 is 27.6. The SMILES string of the molecule is CN1CCC(NS(=O)(=O)c2cc(Br)ccc2[N+](=O)[O-])C1. The lowest BCUT2D eigenvalue weighted by Gasteiger charge is -2.13. The lowest BCUT2D eigenvalue weighted by atomic mass is 10.3. The van der Waals surface area contributed by atoms with E-state index in [-0.39, 0.29) is 10.9 Å². The van der Waals surface area contributed by atoms with Gasteiger partial charge in [0.1, 0.15) is 0 Å².